The lowest BCUT2D eigenvalue weighted by Gasteiger charge is -2.22. The zero-order valence-corrected chi connectivity index (χ0v) is 8.20. The monoisotopic (exact) mass is 198 g/mol. The summed E-state index contributed by atoms with van der Waals surface area (Å²) in [5.74, 6) is -0.418. The molecule has 0 atom stereocenters. The lowest BCUT2D eigenvalue weighted by Crippen LogP contribution is -2.26. The highest BCUT2D eigenvalue weighted by Gasteiger charge is 2.05. The third-order valence-electron chi connectivity index (χ3n) is 2.10. The molecule has 0 aliphatic heterocycles. The quantitative estimate of drug-likeness (QED) is 0.715. The predicted molar refractivity (Wildman–Crippen MR) is 55.8 cm³/mol. The van der Waals surface area contributed by atoms with Gasteiger partial charge in [-0.1, -0.05) is 0 Å². The topological polar surface area (TPSA) is 49.5 Å². The molecule has 78 valence electrons. The Morgan fingerprint density at radius 3 is 2.71 bits per heavy atom. The molecule has 0 saturated carbocycles. The molecule has 1 aromatic carbocycles. The molecular formula is C10H15FN2O. The second-order valence-electron chi connectivity index (χ2n) is 3.01. The maximum absolute atomic E-state index is 13.1. The molecule has 0 aliphatic rings. The van der Waals surface area contributed by atoms with Crippen molar-refractivity contribution in [3.05, 3.63) is 24.0 Å². The van der Waals surface area contributed by atoms with Crippen molar-refractivity contribution in [3.8, 4) is 0 Å². The van der Waals surface area contributed by atoms with Gasteiger partial charge in [-0.15, -0.1) is 0 Å². The van der Waals surface area contributed by atoms with E-state index in [0.29, 0.717) is 6.54 Å². The van der Waals surface area contributed by atoms with Crippen molar-refractivity contribution in [1.82, 2.24) is 0 Å². The number of nitrogens with two attached hydrogens (primary N) is 1. The van der Waals surface area contributed by atoms with E-state index in [-0.39, 0.29) is 12.3 Å². The van der Waals surface area contributed by atoms with Gasteiger partial charge in [0.2, 0.25) is 0 Å². The fraction of sp³-hybridized carbons (Fsp3) is 0.400. The molecule has 0 aliphatic carbocycles. The summed E-state index contributed by atoms with van der Waals surface area (Å²) in [4.78, 5) is 1.88. The van der Waals surface area contributed by atoms with E-state index in [4.69, 9.17) is 10.8 Å². The first-order valence-electron chi connectivity index (χ1n) is 4.60. The highest BCUT2D eigenvalue weighted by atomic mass is 19.1. The molecule has 3 nitrogen and oxygen atoms in total. The first-order valence-corrected chi connectivity index (χ1v) is 4.60. The van der Waals surface area contributed by atoms with Gasteiger partial charge in [-0.25, -0.2) is 4.39 Å². The Hall–Kier alpha value is -1.29. The van der Waals surface area contributed by atoms with E-state index in [1.165, 1.54) is 12.1 Å². The minimum atomic E-state index is -0.418. The van der Waals surface area contributed by atoms with E-state index in [1.807, 2.05) is 11.8 Å². The zero-order chi connectivity index (χ0) is 10.6. The average molecular weight is 198 g/mol. The summed E-state index contributed by atoms with van der Waals surface area (Å²) in [7, 11) is 0. The molecule has 14 heavy (non-hydrogen) atoms. The molecule has 1 aromatic rings. The van der Waals surface area contributed by atoms with Crippen LogP contribution in [0.4, 0.5) is 15.8 Å². The van der Waals surface area contributed by atoms with Crippen LogP contribution in [0.3, 0.4) is 0 Å². The average Bonchev–Trinajstić information content (AvgIpc) is 2.19. The van der Waals surface area contributed by atoms with Crippen LogP contribution in [-0.2, 0) is 0 Å². The molecule has 0 radical (unpaired) electrons. The highest BCUT2D eigenvalue weighted by molar-refractivity contribution is 5.54. The smallest absolute Gasteiger partial charge is 0.148 e. The second kappa shape index (κ2) is 4.81. The summed E-state index contributed by atoms with van der Waals surface area (Å²) in [6, 6.07) is 4.66. The van der Waals surface area contributed by atoms with E-state index in [2.05, 4.69) is 0 Å². The summed E-state index contributed by atoms with van der Waals surface area (Å²) in [6.07, 6.45) is 0. The largest absolute Gasteiger partial charge is 0.396 e. The number of rotatable bonds is 4. The van der Waals surface area contributed by atoms with Crippen molar-refractivity contribution < 1.29 is 9.50 Å². The van der Waals surface area contributed by atoms with Gasteiger partial charge in [0.05, 0.1) is 12.3 Å². The maximum atomic E-state index is 13.1. The predicted octanol–water partition coefficient (Wildman–Crippen LogP) is 1.23. The van der Waals surface area contributed by atoms with Gasteiger partial charge in [-0.05, 0) is 25.1 Å². The first kappa shape index (κ1) is 10.8. The molecule has 0 unspecified atom stereocenters. The fourth-order valence-corrected chi connectivity index (χ4v) is 1.30. The van der Waals surface area contributed by atoms with E-state index in [1.54, 1.807) is 6.07 Å². The summed E-state index contributed by atoms with van der Waals surface area (Å²) in [5.41, 5.74) is 6.25. The minimum Gasteiger partial charge on any atom is -0.396 e. The number of nitrogens with zero attached hydrogens (tertiary/aromatic N) is 1. The Morgan fingerprint density at radius 2 is 2.21 bits per heavy atom. The molecule has 0 amide bonds. The Morgan fingerprint density at radius 1 is 1.50 bits per heavy atom. The van der Waals surface area contributed by atoms with Crippen molar-refractivity contribution >= 4 is 11.4 Å². The van der Waals surface area contributed by atoms with Gasteiger partial charge in [0.1, 0.15) is 5.82 Å². The molecule has 0 saturated heterocycles. The Kier molecular flexibility index (Phi) is 3.71. The van der Waals surface area contributed by atoms with Crippen molar-refractivity contribution in [2.75, 3.05) is 30.3 Å². The lowest BCUT2D eigenvalue weighted by atomic mass is 10.2. The van der Waals surface area contributed by atoms with E-state index < -0.39 is 5.82 Å². The van der Waals surface area contributed by atoms with Gasteiger partial charge in [0.15, 0.2) is 0 Å². The Balaban J connectivity index is 2.88. The van der Waals surface area contributed by atoms with E-state index in [9.17, 15) is 4.39 Å². The van der Waals surface area contributed by atoms with Crippen molar-refractivity contribution in [1.29, 1.82) is 0 Å². The van der Waals surface area contributed by atoms with Crippen LogP contribution >= 0.6 is 0 Å². The molecule has 0 heterocycles. The SMILES string of the molecule is CCN(CCO)c1ccc(N)c(F)c1. The van der Waals surface area contributed by atoms with Gasteiger partial charge < -0.3 is 15.7 Å². The first-order chi connectivity index (χ1) is 6.69. The number of hydrogen-bond donors (Lipinski definition) is 2. The standard InChI is InChI=1S/C10H15FN2O/c1-2-13(5-6-14)8-3-4-10(12)9(11)7-8/h3-4,7,14H,2,5-6,12H2,1H3. The van der Waals surface area contributed by atoms with Crippen LogP contribution in [-0.4, -0.2) is 24.8 Å². The zero-order valence-electron chi connectivity index (χ0n) is 8.20. The molecule has 1 rings (SSSR count). The number of aliphatic hydroxyl groups excluding tert-OH is 1. The number of nitrogen functional groups attached to an aromatic ring is 1. The van der Waals surface area contributed by atoms with Crippen molar-refractivity contribution in [2.45, 2.75) is 6.92 Å². The van der Waals surface area contributed by atoms with Crippen LogP contribution in [0.15, 0.2) is 18.2 Å². The summed E-state index contributed by atoms with van der Waals surface area (Å²) < 4.78 is 13.1. The second-order valence-corrected chi connectivity index (χ2v) is 3.01. The van der Waals surface area contributed by atoms with Gasteiger partial charge in [0.25, 0.3) is 0 Å². The van der Waals surface area contributed by atoms with Gasteiger partial charge in [-0.2, -0.15) is 0 Å². The number of likely N-dealkylation sites (N-methyl/N-ethyl adjacent to an activating group) is 1. The third kappa shape index (κ3) is 2.35. The highest BCUT2D eigenvalue weighted by Crippen LogP contribution is 2.19. The molecular weight excluding hydrogens is 183 g/mol. The molecule has 0 aromatic heterocycles. The third-order valence-corrected chi connectivity index (χ3v) is 2.10. The van der Waals surface area contributed by atoms with Crippen LogP contribution in [0.5, 0.6) is 0 Å². The molecule has 3 N–H and O–H groups in total. The van der Waals surface area contributed by atoms with Crippen LogP contribution in [0, 0.1) is 5.82 Å². The summed E-state index contributed by atoms with van der Waals surface area (Å²) in [5, 5.41) is 8.79. The Labute approximate surface area is 83.0 Å². The Bertz CT molecular complexity index is 304. The van der Waals surface area contributed by atoms with Crippen LogP contribution in [0.1, 0.15) is 6.92 Å². The number of hydrogen-bond acceptors (Lipinski definition) is 3. The number of halogens is 1. The normalized spacial score (nSPS) is 10.2. The molecule has 0 fully saturated rings. The van der Waals surface area contributed by atoms with Crippen molar-refractivity contribution in [3.63, 3.8) is 0 Å². The van der Waals surface area contributed by atoms with Crippen LogP contribution in [0.25, 0.3) is 0 Å². The van der Waals surface area contributed by atoms with Gasteiger partial charge in [-0.3, -0.25) is 0 Å². The summed E-state index contributed by atoms with van der Waals surface area (Å²) in [6.45, 7) is 3.23. The van der Waals surface area contributed by atoms with Gasteiger partial charge >= 0.3 is 0 Å². The number of aliphatic hydroxyl groups is 1. The maximum Gasteiger partial charge on any atom is 0.148 e. The lowest BCUT2D eigenvalue weighted by molar-refractivity contribution is 0.302. The van der Waals surface area contributed by atoms with E-state index >= 15 is 0 Å². The van der Waals surface area contributed by atoms with Crippen LogP contribution < -0.4 is 10.6 Å². The van der Waals surface area contributed by atoms with Crippen molar-refractivity contribution in [2.24, 2.45) is 0 Å². The summed E-state index contributed by atoms with van der Waals surface area (Å²) >= 11 is 0. The minimum absolute atomic E-state index is 0.0554. The molecule has 4 heteroatoms. The molecule has 0 bridgehead atoms. The number of benzene rings is 1. The fourth-order valence-electron chi connectivity index (χ4n) is 1.30. The van der Waals surface area contributed by atoms with E-state index in [0.717, 1.165) is 12.2 Å². The molecule has 0 spiro atoms. The van der Waals surface area contributed by atoms with Crippen LogP contribution in [0.2, 0.25) is 0 Å². The van der Waals surface area contributed by atoms with Gasteiger partial charge in [0, 0.05) is 18.8 Å². The number of anilines is 2.